The maximum absolute atomic E-state index is 8.91. The van der Waals surface area contributed by atoms with E-state index in [1.165, 1.54) is 0 Å². The van der Waals surface area contributed by atoms with E-state index in [0.29, 0.717) is 26.1 Å². The van der Waals surface area contributed by atoms with E-state index in [0.717, 1.165) is 19.6 Å². The molecular formula is C11H26N2O4. The van der Waals surface area contributed by atoms with Gasteiger partial charge in [-0.05, 0) is 6.42 Å². The van der Waals surface area contributed by atoms with Crippen molar-refractivity contribution in [3.63, 3.8) is 0 Å². The van der Waals surface area contributed by atoms with Crippen LogP contribution in [0, 0.1) is 0 Å². The highest BCUT2D eigenvalue weighted by molar-refractivity contribution is 4.63. The molecule has 0 bridgehead atoms. The molecule has 0 amide bonds. The molecule has 0 heterocycles. The fraction of sp³-hybridized carbons (Fsp3) is 1.00. The van der Waals surface area contributed by atoms with Crippen LogP contribution in [0.2, 0.25) is 0 Å². The first-order valence-corrected chi connectivity index (χ1v) is 6.16. The summed E-state index contributed by atoms with van der Waals surface area (Å²) in [7, 11) is 0. The molecule has 0 saturated carbocycles. The smallest absolute Gasteiger partial charge is 0.0558 e. The Labute approximate surface area is 103 Å². The zero-order valence-electron chi connectivity index (χ0n) is 10.5. The highest BCUT2D eigenvalue weighted by Gasteiger charge is 2.08. The van der Waals surface area contributed by atoms with Gasteiger partial charge in [0.1, 0.15) is 0 Å². The highest BCUT2D eigenvalue weighted by atomic mass is 16.3. The largest absolute Gasteiger partial charge is 0.396 e. The van der Waals surface area contributed by atoms with Gasteiger partial charge >= 0.3 is 0 Å². The second-order valence-corrected chi connectivity index (χ2v) is 3.93. The first kappa shape index (κ1) is 16.8. The number of aliphatic hydroxyl groups is 4. The van der Waals surface area contributed by atoms with E-state index >= 15 is 0 Å². The maximum Gasteiger partial charge on any atom is 0.0558 e. The molecule has 17 heavy (non-hydrogen) atoms. The van der Waals surface area contributed by atoms with Gasteiger partial charge in [-0.25, -0.2) is 0 Å². The van der Waals surface area contributed by atoms with Gasteiger partial charge in [0.2, 0.25) is 0 Å². The van der Waals surface area contributed by atoms with Crippen molar-refractivity contribution in [3.05, 3.63) is 0 Å². The van der Waals surface area contributed by atoms with Crippen molar-refractivity contribution < 1.29 is 20.4 Å². The van der Waals surface area contributed by atoms with Crippen molar-refractivity contribution in [1.82, 2.24) is 9.80 Å². The van der Waals surface area contributed by atoms with Crippen molar-refractivity contribution in [3.8, 4) is 0 Å². The van der Waals surface area contributed by atoms with E-state index in [4.69, 9.17) is 20.4 Å². The van der Waals surface area contributed by atoms with Crippen molar-refractivity contribution >= 4 is 0 Å². The van der Waals surface area contributed by atoms with Gasteiger partial charge in [0.05, 0.1) is 19.8 Å². The van der Waals surface area contributed by atoms with E-state index in [1.54, 1.807) is 0 Å². The summed E-state index contributed by atoms with van der Waals surface area (Å²) in [5.41, 5.74) is 0. The van der Waals surface area contributed by atoms with Crippen molar-refractivity contribution in [2.75, 3.05) is 65.7 Å². The quantitative estimate of drug-likeness (QED) is 0.319. The molecule has 0 aliphatic carbocycles. The van der Waals surface area contributed by atoms with Crippen LogP contribution in [0.5, 0.6) is 0 Å². The van der Waals surface area contributed by atoms with Gasteiger partial charge in [-0.1, -0.05) is 0 Å². The molecule has 0 saturated heterocycles. The maximum atomic E-state index is 8.91. The third-order valence-corrected chi connectivity index (χ3v) is 2.61. The van der Waals surface area contributed by atoms with Gasteiger partial charge in [-0.3, -0.25) is 9.80 Å². The van der Waals surface area contributed by atoms with Crippen LogP contribution < -0.4 is 0 Å². The molecule has 6 nitrogen and oxygen atoms in total. The van der Waals surface area contributed by atoms with Gasteiger partial charge in [-0.2, -0.15) is 0 Å². The second kappa shape index (κ2) is 12.2. The number of rotatable bonds is 12. The summed E-state index contributed by atoms with van der Waals surface area (Å²) >= 11 is 0. The van der Waals surface area contributed by atoms with E-state index < -0.39 is 0 Å². The Balaban J connectivity index is 3.87. The summed E-state index contributed by atoms with van der Waals surface area (Å²) < 4.78 is 0. The minimum atomic E-state index is 0.0800. The topological polar surface area (TPSA) is 87.4 Å². The van der Waals surface area contributed by atoms with Gasteiger partial charge in [-0.15, -0.1) is 0 Å². The lowest BCUT2D eigenvalue weighted by atomic mass is 10.3. The summed E-state index contributed by atoms with van der Waals surface area (Å²) in [5.74, 6) is 0. The molecule has 0 rings (SSSR count). The first-order chi connectivity index (χ1) is 8.28. The zero-order chi connectivity index (χ0) is 12.9. The molecule has 104 valence electrons. The van der Waals surface area contributed by atoms with E-state index in [-0.39, 0.29) is 26.4 Å². The van der Waals surface area contributed by atoms with Crippen molar-refractivity contribution in [2.24, 2.45) is 0 Å². The number of hydrogen-bond donors (Lipinski definition) is 4. The predicted octanol–water partition coefficient (Wildman–Crippen LogP) is -2.05. The second-order valence-electron chi connectivity index (χ2n) is 3.93. The lowest BCUT2D eigenvalue weighted by Gasteiger charge is -2.26. The van der Waals surface area contributed by atoms with Crippen molar-refractivity contribution in [1.29, 1.82) is 0 Å². The SMILES string of the molecule is OCCCN(CCO)CCN(CCO)CCO. The lowest BCUT2D eigenvalue weighted by Crippen LogP contribution is -2.39. The average molecular weight is 250 g/mol. The van der Waals surface area contributed by atoms with Crippen LogP contribution in [0.25, 0.3) is 0 Å². The van der Waals surface area contributed by atoms with E-state index in [1.807, 2.05) is 4.90 Å². The van der Waals surface area contributed by atoms with Gasteiger partial charge < -0.3 is 20.4 Å². The summed E-state index contributed by atoms with van der Waals surface area (Å²) in [6.07, 6.45) is 0.694. The van der Waals surface area contributed by atoms with Crippen LogP contribution >= 0.6 is 0 Å². The van der Waals surface area contributed by atoms with E-state index in [2.05, 4.69) is 4.90 Å². The summed E-state index contributed by atoms with van der Waals surface area (Å²) in [6.45, 7) is 4.36. The number of hydrogen-bond acceptors (Lipinski definition) is 6. The Bertz CT molecular complexity index is 154. The lowest BCUT2D eigenvalue weighted by molar-refractivity contribution is 0.129. The summed E-state index contributed by atoms with van der Waals surface area (Å²) in [4.78, 5) is 4.04. The van der Waals surface area contributed by atoms with Crippen LogP contribution in [0.15, 0.2) is 0 Å². The molecule has 0 unspecified atom stereocenters. The Morgan fingerprint density at radius 1 is 0.471 bits per heavy atom. The van der Waals surface area contributed by atoms with Crippen molar-refractivity contribution in [2.45, 2.75) is 6.42 Å². The third-order valence-electron chi connectivity index (χ3n) is 2.61. The summed E-state index contributed by atoms with van der Waals surface area (Å²) in [5, 5.41) is 35.4. The first-order valence-electron chi connectivity index (χ1n) is 6.16. The molecule has 0 aromatic carbocycles. The van der Waals surface area contributed by atoms with Crippen LogP contribution in [0.3, 0.4) is 0 Å². The zero-order valence-corrected chi connectivity index (χ0v) is 10.5. The predicted molar refractivity (Wildman–Crippen MR) is 65.8 cm³/mol. The summed E-state index contributed by atoms with van der Waals surface area (Å²) in [6, 6.07) is 0. The fourth-order valence-electron chi connectivity index (χ4n) is 1.67. The molecule has 0 radical (unpaired) electrons. The Hall–Kier alpha value is -0.240. The highest BCUT2D eigenvalue weighted by Crippen LogP contribution is 1.94. The van der Waals surface area contributed by atoms with Gasteiger partial charge in [0.25, 0.3) is 0 Å². The normalized spacial score (nSPS) is 11.6. The van der Waals surface area contributed by atoms with Crippen LogP contribution in [0.1, 0.15) is 6.42 Å². The molecule has 0 spiro atoms. The molecule has 6 heteroatoms. The van der Waals surface area contributed by atoms with Crippen LogP contribution in [-0.2, 0) is 0 Å². The molecule has 0 aromatic heterocycles. The molecule has 4 N–H and O–H groups in total. The fourth-order valence-corrected chi connectivity index (χ4v) is 1.67. The molecular weight excluding hydrogens is 224 g/mol. The number of nitrogens with zero attached hydrogens (tertiary/aromatic N) is 2. The molecule has 0 aliphatic heterocycles. The molecule has 0 atom stereocenters. The Morgan fingerprint density at radius 3 is 1.24 bits per heavy atom. The van der Waals surface area contributed by atoms with Crippen LogP contribution in [0.4, 0.5) is 0 Å². The van der Waals surface area contributed by atoms with Gasteiger partial charge in [0, 0.05) is 45.9 Å². The standard InChI is InChI=1S/C11H26N2O4/c14-8-1-2-12(5-9-15)3-4-13(6-10-16)7-11-17/h14-17H,1-11H2. The van der Waals surface area contributed by atoms with E-state index in [9.17, 15) is 0 Å². The number of aliphatic hydroxyl groups excluding tert-OH is 4. The minimum Gasteiger partial charge on any atom is -0.396 e. The van der Waals surface area contributed by atoms with Gasteiger partial charge in [0.15, 0.2) is 0 Å². The average Bonchev–Trinajstić information content (AvgIpc) is 2.33. The monoisotopic (exact) mass is 250 g/mol. The molecule has 0 aliphatic rings. The molecule has 0 aromatic rings. The Morgan fingerprint density at radius 2 is 0.882 bits per heavy atom. The van der Waals surface area contributed by atoms with Crippen LogP contribution in [-0.4, -0.2) is 95.9 Å². The molecule has 0 fully saturated rings. The Kier molecular flexibility index (Phi) is 12.1. The minimum absolute atomic E-state index is 0.0800. The third kappa shape index (κ3) is 9.46.